The fourth-order valence-corrected chi connectivity index (χ4v) is 3.04. The van der Waals surface area contributed by atoms with E-state index in [4.69, 9.17) is 9.26 Å². The van der Waals surface area contributed by atoms with Gasteiger partial charge in [-0.05, 0) is 44.2 Å². The summed E-state index contributed by atoms with van der Waals surface area (Å²) < 4.78 is 50.9. The molecule has 0 aliphatic heterocycles. The molecule has 29 heavy (non-hydrogen) atoms. The van der Waals surface area contributed by atoms with Gasteiger partial charge in [-0.3, -0.25) is 5.32 Å². The largest absolute Gasteiger partial charge is 0.441 e. The SMILES string of the molecule is Cc1noc(-c2ccc(Br)cc2)c1NC(=O)O[C@H](C)c1ccccc1C(F)(F)F. The minimum Gasteiger partial charge on any atom is -0.441 e. The van der Waals surface area contributed by atoms with Crippen LogP contribution in [0.2, 0.25) is 0 Å². The van der Waals surface area contributed by atoms with Crippen LogP contribution in [-0.2, 0) is 10.9 Å². The smallest absolute Gasteiger partial charge is 0.416 e. The van der Waals surface area contributed by atoms with Crippen LogP contribution in [0.5, 0.6) is 0 Å². The summed E-state index contributed by atoms with van der Waals surface area (Å²) in [6, 6.07) is 12.1. The molecular formula is C20H16BrF3N2O3. The van der Waals surface area contributed by atoms with Crippen molar-refractivity contribution in [1.82, 2.24) is 5.16 Å². The van der Waals surface area contributed by atoms with E-state index in [0.29, 0.717) is 17.0 Å². The number of nitrogens with one attached hydrogen (secondary N) is 1. The molecule has 5 nitrogen and oxygen atoms in total. The lowest BCUT2D eigenvalue weighted by Crippen LogP contribution is -2.19. The molecular weight excluding hydrogens is 453 g/mol. The predicted molar refractivity (Wildman–Crippen MR) is 104 cm³/mol. The zero-order valence-electron chi connectivity index (χ0n) is 15.4. The molecule has 0 saturated heterocycles. The second-order valence-electron chi connectivity index (χ2n) is 6.24. The average molecular weight is 469 g/mol. The van der Waals surface area contributed by atoms with Crippen LogP contribution in [0.1, 0.15) is 29.8 Å². The van der Waals surface area contributed by atoms with Crippen LogP contribution in [0.15, 0.2) is 57.5 Å². The molecule has 1 atom stereocenters. The highest BCUT2D eigenvalue weighted by Gasteiger charge is 2.35. The molecule has 0 aliphatic carbocycles. The van der Waals surface area contributed by atoms with Gasteiger partial charge >= 0.3 is 12.3 Å². The third-order valence-electron chi connectivity index (χ3n) is 4.18. The highest BCUT2D eigenvalue weighted by molar-refractivity contribution is 9.10. The Bertz CT molecular complexity index is 1020. The molecule has 0 unspecified atom stereocenters. The van der Waals surface area contributed by atoms with Crippen molar-refractivity contribution in [3.05, 3.63) is 69.8 Å². The number of nitrogens with zero attached hydrogens (tertiary/aromatic N) is 1. The topological polar surface area (TPSA) is 64.4 Å². The lowest BCUT2D eigenvalue weighted by Gasteiger charge is -2.19. The number of halogens is 4. The second-order valence-corrected chi connectivity index (χ2v) is 7.15. The van der Waals surface area contributed by atoms with E-state index in [9.17, 15) is 18.0 Å². The summed E-state index contributed by atoms with van der Waals surface area (Å²) >= 11 is 3.33. The lowest BCUT2D eigenvalue weighted by molar-refractivity contribution is -0.139. The van der Waals surface area contributed by atoms with Gasteiger partial charge in [-0.2, -0.15) is 13.2 Å². The number of alkyl halides is 3. The van der Waals surface area contributed by atoms with Gasteiger partial charge in [-0.15, -0.1) is 0 Å². The number of aromatic nitrogens is 1. The van der Waals surface area contributed by atoms with Gasteiger partial charge in [0.1, 0.15) is 17.5 Å². The maximum atomic E-state index is 13.2. The van der Waals surface area contributed by atoms with E-state index < -0.39 is 23.9 Å². The molecule has 3 rings (SSSR count). The van der Waals surface area contributed by atoms with Crippen LogP contribution in [0.3, 0.4) is 0 Å². The summed E-state index contributed by atoms with van der Waals surface area (Å²) in [4.78, 5) is 12.4. The molecule has 2 aromatic carbocycles. The van der Waals surface area contributed by atoms with E-state index in [-0.39, 0.29) is 11.3 Å². The fraction of sp³-hybridized carbons (Fsp3) is 0.200. The average Bonchev–Trinajstić information content (AvgIpc) is 3.02. The molecule has 0 saturated carbocycles. The summed E-state index contributed by atoms with van der Waals surface area (Å²) in [5.74, 6) is 0.315. The summed E-state index contributed by atoms with van der Waals surface area (Å²) in [6.45, 7) is 3.00. The normalized spacial score (nSPS) is 12.5. The third kappa shape index (κ3) is 4.79. The standard InChI is InChI=1S/C20H16BrF3N2O3/c1-11-17(18(29-26-11)13-7-9-14(21)10-8-13)25-19(27)28-12(2)15-5-3-4-6-16(15)20(22,23)24/h3-10,12H,1-2H3,(H,25,27)/t12-/m1/s1. The van der Waals surface area contributed by atoms with Crippen LogP contribution in [0.25, 0.3) is 11.3 Å². The van der Waals surface area contributed by atoms with Crippen molar-refractivity contribution in [2.75, 3.05) is 5.32 Å². The highest BCUT2D eigenvalue weighted by atomic mass is 79.9. The van der Waals surface area contributed by atoms with Crippen molar-refractivity contribution >= 4 is 27.7 Å². The van der Waals surface area contributed by atoms with Gasteiger partial charge < -0.3 is 9.26 Å². The van der Waals surface area contributed by atoms with Gasteiger partial charge in [0, 0.05) is 15.6 Å². The first kappa shape index (κ1) is 20.9. The number of hydrogen-bond acceptors (Lipinski definition) is 4. The van der Waals surface area contributed by atoms with Crippen LogP contribution >= 0.6 is 15.9 Å². The van der Waals surface area contributed by atoms with Crippen LogP contribution in [0, 0.1) is 6.92 Å². The molecule has 1 heterocycles. The Morgan fingerprint density at radius 2 is 1.83 bits per heavy atom. The molecule has 1 N–H and O–H groups in total. The molecule has 0 spiro atoms. The molecule has 1 aromatic heterocycles. The number of hydrogen-bond donors (Lipinski definition) is 1. The van der Waals surface area contributed by atoms with Crippen molar-refractivity contribution in [2.45, 2.75) is 26.1 Å². The van der Waals surface area contributed by atoms with Crippen LogP contribution < -0.4 is 5.32 Å². The number of rotatable bonds is 4. The summed E-state index contributed by atoms with van der Waals surface area (Å²) in [5.41, 5.74) is 0.374. The van der Waals surface area contributed by atoms with Crippen molar-refractivity contribution < 1.29 is 27.2 Å². The molecule has 0 aliphatic rings. The Morgan fingerprint density at radius 1 is 1.17 bits per heavy atom. The Kier molecular flexibility index (Phi) is 5.97. The van der Waals surface area contributed by atoms with Gasteiger partial charge in [0.15, 0.2) is 5.76 Å². The molecule has 152 valence electrons. The molecule has 0 radical (unpaired) electrons. The van der Waals surface area contributed by atoms with E-state index in [1.807, 2.05) is 0 Å². The number of benzene rings is 2. The number of anilines is 1. The first-order valence-corrected chi connectivity index (χ1v) is 9.32. The summed E-state index contributed by atoms with van der Waals surface area (Å²) in [5, 5.41) is 6.37. The summed E-state index contributed by atoms with van der Waals surface area (Å²) in [7, 11) is 0. The second kappa shape index (κ2) is 8.28. The van der Waals surface area contributed by atoms with Gasteiger partial charge in [0.2, 0.25) is 0 Å². The summed E-state index contributed by atoms with van der Waals surface area (Å²) in [6.07, 6.45) is -6.59. The predicted octanol–water partition coefficient (Wildman–Crippen LogP) is 6.74. The minimum atomic E-state index is -4.55. The highest BCUT2D eigenvalue weighted by Crippen LogP contribution is 2.36. The number of amides is 1. The van der Waals surface area contributed by atoms with E-state index >= 15 is 0 Å². The van der Waals surface area contributed by atoms with Crippen molar-refractivity contribution in [2.24, 2.45) is 0 Å². The Hall–Kier alpha value is -2.81. The zero-order valence-corrected chi connectivity index (χ0v) is 17.0. The first-order chi connectivity index (χ1) is 13.7. The maximum absolute atomic E-state index is 13.2. The lowest BCUT2D eigenvalue weighted by atomic mass is 10.0. The fourth-order valence-electron chi connectivity index (χ4n) is 2.78. The zero-order chi connectivity index (χ0) is 21.2. The molecule has 0 bridgehead atoms. The van der Waals surface area contributed by atoms with Gasteiger partial charge in [-0.1, -0.05) is 39.3 Å². The third-order valence-corrected chi connectivity index (χ3v) is 4.71. The van der Waals surface area contributed by atoms with Crippen molar-refractivity contribution in [3.63, 3.8) is 0 Å². The van der Waals surface area contributed by atoms with E-state index in [2.05, 4.69) is 26.4 Å². The quantitative estimate of drug-likeness (QED) is 0.460. The van der Waals surface area contributed by atoms with Crippen molar-refractivity contribution in [1.29, 1.82) is 0 Å². The number of carbonyl (C=O) groups excluding carboxylic acids is 1. The number of carbonyl (C=O) groups is 1. The number of ether oxygens (including phenoxy) is 1. The van der Waals surface area contributed by atoms with Crippen LogP contribution in [0.4, 0.5) is 23.7 Å². The first-order valence-electron chi connectivity index (χ1n) is 8.52. The van der Waals surface area contributed by atoms with E-state index in [1.165, 1.54) is 25.1 Å². The molecule has 1 amide bonds. The Labute approximate surface area is 173 Å². The van der Waals surface area contributed by atoms with Gasteiger partial charge in [0.25, 0.3) is 0 Å². The van der Waals surface area contributed by atoms with E-state index in [0.717, 1.165) is 10.5 Å². The molecule has 0 fully saturated rings. The van der Waals surface area contributed by atoms with Crippen molar-refractivity contribution in [3.8, 4) is 11.3 Å². The Morgan fingerprint density at radius 3 is 2.48 bits per heavy atom. The monoisotopic (exact) mass is 468 g/mol. The van der Waals surface area contributed by atoms with Crippen LogP contribution in [-0.4, -0.2) is 11.2 Å². The molecule has 9 heteroatoms. The molecule has 3 aromatic rings. The minimum absolute atomic E-state index is 0.134. The van der Waals surface area contributed by atoms with Gasteiger partial charge in [0.05, 0.1) is 5.56 Å². The number of aryl methyl sites for hydroxylation is 1. The Balaban J connectivity index is 1.79. The maximum Gasteiger partial charge on any atom is 0.416 e. The van der Waals surface area contributed by atoms with E-state index in [1.54, 1.807) is 31.2 Å². The van der Waals surface area contributed by atoms with Gasteiger partial charge in [-0.25, -0.2) is 4.79 Å².